The fourth-order valence-corrected chi connectivity index (χ4v) is 8.65. The minimum atomic E-state index is -1.27. The highest BCUT2D eigenvalue weighted by Crippen LogP contribution is 2.23. The highest BCUT2D eigenvalue weighted by Gasteiger charge is 2.29. The zero-order valence-electron chi connectivity index (χ0n) is 16.3. The van der Waals surface area contributed by atoms with Gasteiger partial charge >= 0.3 is 0 Å². The normalized spacial score (nSPS) is 20.3. The summed E-state index contributed by atoms with van der Waals surface area (Å²) in [5.74, 6) is 0. The molecule has 1 nitrogen and oxygen atoms in total. The third-order valence-corrected chi connectivity index (χ3v) is 10.6. The number of rotatable bonds is 7. The van der Waals surface area contributed by atoms with Crippen molar-refractivity contribution in [2.45, 2.75) is 103 Å². The van der Waals surface area contributed by atoms with E-state index in [2.05, 4.69) is 31.0 Å². The second-order valence-electron chi connectivity index (χ2n) is 7.88. The molecule has 0 spiro atoms. The van der Waals surface area contributed by atoms with Crippen LogP contribution in [0.5, 0.6) is 0 Å². The lowest BCUT2D eigenvalue weighted by molar-refractivity contribution is 0.295. The van der Waals surface area contributed by atoms with Gasteiger partial charge in [-0.15, -0.1) is 12.3 Å². The first-order valence-electron chi connectivity index (χ1n) is 10.6. The van der Waals surface area contributed by atoms with Gasteiger partial charge < -0.3 is 4.90 Å². The van der Waals surface area contributed by atoms with E-state index in [1.54, 1.807) is 0 Å². The van der Waals surface area contributed by atoms with Crippen molar-refractivity contribution >= 4 is 8.07 Å². The number of hydrogen-bond donors (Lipinski definition) is 0. The van der Waals surface area contributed by atoms with Crippen LogP contribution in [0.25, 0.3) is 0 Å². The zero-order valence-corrected chi connectivity index (χ0v) is 17.3. The predicted octanol–water partition coefficient (Wildman–Crippen LogP) is 6.74. The largest absolute Gasteiger partial charge is 0.306 e. The van der Waals surface area contributed by atoms with E-state index in [0.717, 1.165) is 0 Å². The lowest BCUT2D eigenvalue weighted by Gasteiger charge is -2.35. The van der Waals surface area contributed by atoms with E-state index >= 15 is 0 Å². The molecular weight excluding hydrogens is 294 g/mol. The molecule has 1 saturated heterocycles. The van der Waals surface area contributed by atoms with Crippen molar-refractivity contribution in [1.82, 2.24) is 4.90 Å². The van der Waals surface area contributed by atoms with E-state index < -0.39 is 8.07 Å². The molecular formula is C21H43NSi. The molecule has 0 aromatic rings. The number of hydrogen-bond acceptors (Lipinski definition) is 1. The Morgan fingerprint density at radius 3 is 1.48 bits per heavy atom. The molecule has 0 unspecified atom stereocenters. The first-order chi connectivity index (χ1) is 11.3. The van der Waals surface area contributed by atoms with Gasteiger partial charge in [0.05, 0.1) is 8.07 Å². The van der Waals surface area contributed by atoms with Gasteiger partial charge in [-0.2, -0.15) is 0 Å². The van der Waals surface area contributed by atoms with Crippen LogP contribution in [0.3, 0.4) is 0 Å². The maximum atomic E-state index is 4.29. The molecule has 1 heterocycles. The summed E-state index contributed by atoms with van der Waals surface area (Å²) in [6.07, 6.45) is 18.6. The summed E-state index contributed by atoms with van der Waals surface area (Å²) < 4.78 is 0. The Hall–Kier alpha value is -0.0831. The summed E-state index contributed by atoms with van der Waals surface area (Å²) in [4.78, 5) is 2.84. The maximum absolute atomic E-state index is 4.29. The Kier molecular flexibility index (Phi) is 12.1. The minimum Gasteiger partial charge on any atom is -0.306 e. The van der Waals surface area contributed by atoms with E-state index in [1.165, 1.54) is 108 Å². The molecule has 0 radical (unpaired) electrons. The van der Waals surface area contributed by atoms with Crippen LogP contribution >= 0.6 is 0 Å². The molecule has 0 aromatic heterocycles. The lowest BCUT2D eigenvalue weighted by atomic mass is 10.1. The van der Waals surface area contributed by atoms with Crippen molar-refractivity contribution in [3.8, 4) is 0 Å². The fourth-order valence-electron chi connectivity index (χ4n) is 4.35. The molecule has 2 heteroatoms. The maximum Gasteiger partial charge on any atom is 0.0915 e. The van der Waals surface area contributed by atoms with Crippen LogP contribution in [0.2, 0.25) is 12.1 Å². The molecule has 1 fully saturated rings. The molecule has 1 aliphatic heterocycles. The van der Waals surface area contributed by atoms with Crippen LogP contribution in [0.1, 0.15) is 90.9 Å². The molecule has 0 N–H and O–H groups in total. The smallest absolute Gasteiger partial charge is 0.0915 e. The summed E-state index contributed by atoms with van der Waals surface area (Å²) in [6, 6.07) is 2.89. The lowest BCUT2D eigenvalue weighted by Crippen LogP contribution is -2.46. The first kappa shape index (κ1) is 21.0. The SMILES string of the molecule is C=C[Si](CCC)(CCC)CN1CCCCCCCCCCCC1. The Morgan fingerprint density at radius 1 is 0.739 bits per heavy atom. The quantitative estimate of drug-likeness (QED) is 0.465. The third kappa shape index (κ3) is 9.10. The summed E-state index contributed by atoms with van der Waals surface area (Å²) in [5.41, 5.74) is 2.43. The summed E-state index contributed by atoms with van der Waals surface area (Å²) in [6.45, 7) is 11.7. The van der Waals surface area contributed by atoms with Gasteiger partial charge in [0.25, 0.3) is 0 Å². The van der Waals surface area contributed by atoms with E-state index in [-0.39, 0.29) is 0 Å². The Morgan fingerprint density at radius 2 is 1.13 bits per heavy atom. The first-order valence-corrected chi connectivity index (χ1v) is 13.3. The Bertz CT molecular complexity index is 270. The van der Waals surface area contributed by atoms with Crippen LogP contribution in [0.15, 0.2) is 12.3 Å². The molecule has 0 atom stereocenters. The van der Waals surface area contributed by atoms with E-state index in [0.29, 0.717) is 0 Å². The van der Waals surface area contributed by atoms with Crippen molar-refractivity contribution < 1.29 is 0 Å². The molecule has 0 aliphatic carbocycles. The van der Waals surface area contributed by atoms with Crippen LogP contribution in [0, 0.1) is 0 Å². The van der Waals surface area contributed by atoms with Gasteiger partial charge in [0, 0.05) is 0 Å². The minimum absolute atomic E-state index is 1.27. The van der Waals surface area contributed by atoms with Crippen molar-refractivity contribution in [3.05, 3.63) is 12.3 Å². The highest BCUT2D eigenvalue weighted by atomic mass is 28.3. The van der Waals surface area contributed by atoms with Crippen molar-refractivity contribution in [2.75, 3.05) is 19.3 Å². The standard InChI is InChI=1S/C21H43NSi/c1-4-19-23(6-3,20-5-2)21-22-17-15-13-11-9-7-8-10-12-14-16-18-22/h6H,3-5,7-21H2,1-2H3. The molecule has 0 amide bonds. The average molecular weight is 338 g/mol. The third-order valence-electron chi connectivity index (χ3n) is 5.67. The summed E-state index contributed by atoms with van der Waals surface area (Å²) >= 11 is 0. The summed E-state index contributed by atoms with van der Waals surface area (Å²) in [5, 5.41) is 0. The molecule has 0 saturated carbocycles. The highest BCUT2D eigenvalue weighted by molar-refractivity contribution is 6.84. The van der Waals surface area contributed by atoms with Crippen LogP contribution in [-0.4, -0.2) is 32.2 Å². The van der Waals surface area contributed by atoms with Crippen molar-refractivity contribution in [1.29, 1.82) is 0 Å². The summed E-state index contributed by atoms with van der Waals surface area (Å²) in [7, 11) is -1.27. The van der Waals surface area contributed by atoms with Crippen LogP contribution < -0.4 is 0 Å². The van der Waals surface area contributed by atoms with Crippen molar-refractivity contribution in [2.24, 2.45) is 0 Å². The molecule has 23 heavy (non-hydrogen) atoms. The topological polar surface area (TPSA) is 3.24 Å². The van der Waals surface area contributed by atoms with Crippen LogP contribution in [0.4, 0.5) is 0 Å². The molecule has 0 aromatic carbocycles. The second-order valence-corrected chi connectivity index (χ2v) is 12.3. The molecule has 0 bridgehead atoms. The van der Waals surface area contributed by atoms with Gasteiger partial charge in [-0.25, -0.2) is 0 Å². The Balaban J connectivity index is 2.59. The van der Waals surface area contributed by atoms with Gasteiger partial charge in [-0.1, -0.05) is 90.1 Å². The average Bonchev–Trinajstić information content (AvgIpc) is 2.57. The monoisotopic (exact) mass is 337 g/mol. The van der Waals surface area contributed by atoms with E-state index in [4.69, 9.17) is 0 Å². The fraction of sp³-hybridized carbons (Fsp3) is 0.905. The number of nitrogens with zero attached hydrogens (tertiary/aromatic N) is 1. The van der Waals surface area contributed by atoms with E-state index in [9.17, 15) is 0 Å². The molecule has 136 valence electrons. The Labute approximate surface area is 147 Å². The predicted molar refractivity (Wildman–Crippen MR) is 109 cm³/mol. The molecule has 1 aliphatic rings. The van der Waals surface area contributed by atoms with Crippen LogP contribution in [-0.2, 0) is 0 Å². The van der Waals surface area contributed by atoms with E-state index in [1.807, 2.05) is 0 Å². The molecule has 1 rings (SSSR count). The van der Waals surface area contributed by atoms with Gasteiger partial charge in [-0.05, 0) is 32.1 Å². The second kappa shape index (κ2) is 13.2. The van der Waals surface area contributed by atoms with Crippen molar-refractivity contribution in [3.63, 3.8) is 0 Å². The van der Waals surface area contributed by atoms with Gasteiger partial charge in [0.1, 0.15) is 0 Å². The zero-order chi connectivity index (χ0) is 16.8. The van der Waals surface area contributed by atoms with Gasteiger partial charge in [-0.3, -0.25) is 0 Å². The van der Waals surface area contributed by atoms with Gasteiger partial charge in [0.2, 0.25) is 0 Å². The van der Waals surface area contributed by atoms with Gasteiger partial charge in [0.15, 0.2) is 0 Å².